The number of hydrogen-bond donors (Lipinski definition) is 0. The molecule has 3 aromatic carbocycles. The molecule has 0 bridgehead atoms. The minimum absolute atomic E-state index is 0. The number of rotatable bonds is 4. The molecule has 0 N–H and O–H groups in total. The van der Waals surface area contributed by atoms with Gasteiger partial charge in [-0.15, -0.1) is 42.0 Å². The third-order valence-corrected chi connectivity index (χ3v) is 8.08. The van der Waals surface area contributed by atoms with Crippen LogP contribution in [0.1, 0.15) is 51.3 Å². The molecule has 0 aliphatic heterocycles. The average Bonchev–Trinajstić information content (AvgIpc) is 3.28. The van der Waals surface area contributed by atoms with Gasteiger partial charge in [0.05, 0.1) is 0 Å². The van der Waals surface area contributed by atoms with Crippen molar-refractivity contribution < 1.29 is 20.1 Å². The molecule has 4 heteroatoms. The second-order valence-corrected chi connectivity index (χ2v) is 13.1. The van der Waals surface area contributed by atoms with Gasteiger partial charge in [-0.2, -0.15) is 12.1 Å². The Balaban J connectivity index is 0.000000174. The van der Waals surface area contributed by atoms with E-state index in [1.165, 1.54) is 38.9 Å². The molecule has 1 radical (unpaired) electrons. The molecule has 3 aromatic heterocycles. The molecule has 0 amide bonds. The van der Waals surface area contributed by atoms with E-state index in [9.17, 15) is 0 Å². The minimum Gasteiger partial charge on any atom is -0.317 e. The minimum atomic E-state index is -0.00159. The summed E-state index contributed by atoms with van der Waals surface area (Å²) in [7, 11) is 0. The smallest absolute Gasteiger partial charge is 0.0207 e. The molecule has 0 spiro atoms. The molecule has 0 atom stereocenters. The van der Waals surface area contributed by atoms with E-state index in [2.05, 4.69) is 128 Å². The van der Waals surface area contributed by atoms with Gasteiger partial charge in [-0.25, -0.2) is 0 Å². The Labute approximate surface area is 281 Å². The summed E-state index contributed by atoms with van der Waals surface area (Å²) in [5.74, 6) is 0. The Morgan fingerprint density at radius 3 is 2.11 bits per heavy atom. The predicted molar refractivity (Wildman–Crippen MR) is 181 cm³/mol. The Hall–Kier alpha value is -4.24. The van der Waals surface area contributed by atoms with E-state index in [-0.39, 0.29) is 25.5 Å². The van der Waals surface area contributed by atoms with Crippen molar-refractivity contribution in [2.75, 3.05) is 0 Å². The fourth-order valence-electron chi connectivity index (χ4n) is 5.93. The molecule has 3 heterocycles. The van der Waals surface area contributed by atoms with Crippen molar-refractivity contribution in [3.05, 3.63) is 151 Å². The molecule has 0 saturated heterocycles. The normalized spacial score (nSPS) is 12.6. The third-order valence-electron chi connectivity index (χ3n) is 8.08. The van der Waals surface area contributed by atoms with Gasteiger partial charge in [0.1, 0.15) is 0 Å². The van der Waals surface area contributed by atoms with Gasteiger partial charge in [0.15, 0.2) is 0 Å². The van der Waals surface area contributed by atoms with Crippen molar-refractivity contribution in [1.82, 2.24) is 15.0 Å². The van der Waals surface area contributed by atoms with Crippen LogP contribution in [0.15, 0.2) is 122 Å². The predicted octanol–water partition coefficient (Wildman–Crippen LogP) is 10.1. The van der Waals surface area contributed by atoms with Gasteiger partial charge in [-0.05, 0) is 74.6 Å². The molecule has 0 fully saturated rings. The summed E-state index contributed by atoms with van der Waals surface area (Å²) in [6, 6.07) is 41.9. The van der Waals surface area contributed by atoms with E-state index in [0.29, 0.717) is 5.41 Å². The second kappa shape index (κ2) is 13.4. The zero-order chi connectivity index (χ0) is 30.7. The van der Waals surface area contributed by atoms with Crippen molar-refractivity contribution in [3.8, 4) is 44.9 Å². The zero-order valence-electron chi connectivity index (χ0n) is 26.4. The Kier molecular flexibility index (Phi) is 9.58. The maximum absolute atomic E-state index is 4.59. The van der Waals surface area contributed by atoms with Crippen molar-refractivity contribution in [2.45, 2.75) is 46.5 Å². The third kappa shape index (κ3) is 7.20. The monoisotopic (exact) mass is 764 g/mol. The van der Waals surface area contributed by atoms with E-state index in [1.54, 1.807) is 6.20 Å². The number of benzene rings is 3. The van der Waals surface area contributed by atoms with Crippen molar-refractivity contribution in [2.24, 2.45) is 5.41 Å². The first-order valence-electron chi connectivity index (χ1n) is 15.1. The summed E-state index contributed by atoms with van der Waals surface area (Å²) < 4.78 is 0. The topological polar surface area (TPSA) is 38.7 Å². The van der Waals surface area contributed by atoms with Crippen molar-refractivity contribution in [3.63, 3.8) is 0 Å². The van der Waals surface area contributed by atoms with E-state index >= 15 is 0 Å². The zero-order valence-corrected chi connectivity index (χ0v) is 28.8. The van der Waals surface area contributed by atoms with Crippen LogP contribution in [0, 0.1) is 17.5 Å². The van der Waals surface area contributed by atoms with E-state index < -0.39 is 0 Å². The van der Waals surface area contributed by atoms with Crippen LogP contribution < -0.4 is 0 Å². The van der Waals surface area contributed by atoms with Crippen LogP contribution in [0.2, 0.25) is 0 Å². The first-order chi connectivity index (χ1) is 21.2. The summed E-state index contributed by atoms with van der Waals surface area (Å²) >= 11 is 0. The van der Waals surface area contributed by atoms with Gasteiger partial charge in [-0.3, -0.25) is 4.98 Å². The quantitative estimate of drug-likeness (QED) is 0.168. The molecule has 45 heavy (non-hydrogen) atoms. The SMILES string of the molecule is CC(C)(C)Cc1ccc(-c2ccnc(-c3[c-]cccc3)c2)cc1.CC1(C)c2ccccc2-c2cnc(-c3[c-]cccn3)cc21.[Ir]. The number of fused-ring (bicyclic) bond motifs is 3. The van der Waals surface area contributed by atoms with Crippen LogP contribution in [-0.2, 0) is 31.9 Å². The molecule has 0 unspecified atom stereocenters. The fourth-order valence-corrected chi connectivity index (χ4v) is 5.93. The van der Waals surface area contributed by atoms with Gasteiger partial charge in [0.25, 0.3) is 0 Å². The van der Waals surface area contributed by atoms with Crippen molar-refractivity contribution in [1.29, 1.82) is 0 Å². The molecule has 227 valence electrons. The molecular formula is C41H37IrN3-2. The van der Waals surface area contributed by atoms with E-state index in [1.807, 2.05) is 48.8 Å². The van der Waals surface area contributed by atoms with Gasteiger partial charge in [0.2, 0.25) is 0 Å². The Bertz CT molecular complexity index is 1870. The summed E-state index contributed by atoms with van der Waals surface area (Å²) in [4.78, 5) is 13.4. The van der Waals surface area contributed by atoms with Gasteiger partial charge < -0.3 is 9.97 Å². The van der Waals surface area contributed by atoms with Crippen LogP contribution in [0.3, 0.4) is 0 Å². The number of aromatic nitrogens is 3. The van der Waals surface area contributed by atoms with Gasteiger partial charge in [-0.1, -0.05) is 95.3 Å². The first kappa shape index (κ1) is 32.2. The van der Waals surface area contributed by atoms with Crippen LogP contribution in [0.5, 0.6) is 0 Å². The summed E-state index contributed by atoms with van der Waals surface area (Å²) in [6.07, 6.45) is 6.71. The fraction of sp³-hybridized carbons (Fsp3) is 0.195. The molecule has 6 aromatic rings. The van der Waals surface area contributed by atoms with Gasteiger partial charge in [0, 0.05) is 43.5 Å². The standard InChI is InChI=1S/C22H22N.C19H15N2.Ir/c1-22(2,3)16-17-9-11-18(12-10-17)20-13-14-23-21(15-20)19-7-5-4-6-8-19;1-19(2)15-8-4-3-7-13(15)14-12-21-18(11-16(14)19)17-9-5-6-10-20-17;/h4-7,9-15H,16H2,1-3H3;3-8,10-12H,1-2H3;/q2*-1;. The second-order valence-electron chi connectivity index (χ2n) is 13.1. The van der Waals surface area contributed by atoms with E-state index in [4.69, 9.17) is 0 Å². The van der Waals surface area contributed by atoms with E-state index in [0.717, 1.165) is 29.1 Å². The Morgan fingerprint density at radius 2 is 1.40 bits per heavy atom. The maximum Gasteiger partial charge on any atom is 0.0207 e. The van der Waals surface area contributed by atoms with Crippen LogP contribution in [-0.4, -0.2) is 15.0 Å². The largest absolute Gasteiger partial charge is 0.317 e. The Morgan fingerprint density at radius 1 is 0.644 bits per heavy atom. The molecular weight excluding hydrogens is 727 g/mol. The summed E-state index contributed by atoms with van der Waals surface area (Å²) in [5.41, 5.74) is 13.0. The molecule has 0 saturated carbocycles. The molecule has 3 nitrogen and oxygen atoms in total. The van der Waals surface area contributed by atoms with Crippen LogP contribution >= 0.6 is 0 Å². The average molecular weight is 764 g/mol. The molecule has 1 aliphatic rings. The molecule has 1 aliphatic carbocycles. The summed E-state index contributed by atoms with van der Waals surface area (Å²) in [6.45, 7) is 11.3. The summed E-state index contributed by atoms with van der Waals surface area (Å²) in [5, 5.41) is 0. The van der Waals surface area contributed by atoms with Crippen LogP contribution in [0.4, 0.5) is 0 Å². The number of nitrogens with zero attached hydrogens (tertiary/aromatic N) is 3. The molecule has 7 rings (SSSR count). The number of hydrogen-bond acceptors (Lipinski definition) is 3. The number of pyridine rings is 3. The first-order valence-corrected chi connectivity index (χ1v) is 15.1. The van der Waals surface area contributed by atoms with Crippen LogP contribution in [0.25, 0.3) is 44.9 Å². The van der Waals surface area contributed by atoms with Gasteiger partial charge >= 0.3 is 0 Å². The maximum atomic E-state index is 4.59. The van der Waals surface area contributed by atoms with Crippen molar-refractivity contribution >= 4 is 0 Å².